The smallest absolute Gasteiger partial charge is 0.0834 e. The van der Waals surface area contributed by atoms with Crippen molar-refractivity contribution in [1.82, 2.24) is 20.0 Å². The quantitative estimate of drug-likeness (QED) is 0.923. The van der Waals surface area contributed by atoms with Crippen molar-refractivity contribution in [1.29, 1.82) is 0 Å². The van der Waals surface area contributed by atoms with Crippen LogP contribution >= 0.6 is 11.6 Å². The Hall–Kier alpha value is -0.580. The molecule has 1 aliphatic carbocycles. The highest BCUT2D eigenvalue weighted by molar-refractivity contribution is 6.31. The van der Waals surface area contributed by atoms with Gasteiger partial charge in [-0.3, -0.25) is 4.68 Å². The zero-order chi connectivity index (χ0) is 14.0. The molecule has 0 bridgehead atoms. The molecule has 1 N–H and O–H groups in total. The highest BCUT2D eigenvalue weighted by Gasteiger charge is 2.43. The van der Waals surface area contributed by atoms with Crippen LogP contribution in [0, 0.1) is 0 Å². The summed E-state index contributed by atoms with van der Waals surface area (Å²) in [5.41, 5.74) is 1.23. The fraction of sp³-hybridized carbons (Fsp3) is 0.786. The van der Waals surface area contributed by atoms with Gasteiger partial charge in [0.25, 0.3) is 0 Å². The summed E-state index contributed by atoms with van der Waals surface area (Å²) >= 11 is 6.36. The molecule has 0 aromatic carbocycles. The predicted molar refractivity (Wildman–Crippen MR) is 79.5 cm³/mol. The Morgan fingerprint density at radius 1 is 1.37 bits per heavy atom. The van der Waals surface area contributed by atoms with Gasteiger partial charge in [0.2, 0.25) is 0 Å². The lowest BCUT2D eigenvalue weighted by atomic mass is 9.74. The van der Waals surface area contributed by atoms with E-state index >= 15 is 0 Å². The summed E-state index contributed by atoms with van der Waals surface area (Å²) < 4.78 is 1.91. The zero-order valence-electron chi connectivity index (χ0n) is 12.4. The van der Waals surface area contributed by atoms with Crippen molar-refractivity contribution in [2.24, 2.45) is 7.05 Å². The summed E-state index contributed by atoms with van der Waals surface area (Å²) in [4.78, 5) is 2.37. The first kappa shape index (κ1) is 14.8. The maximum Gasteiger partial charge on any atom is 0.0834 e. The van der Waals surface area contributed by atoms with Crippen LogP contribution in [0.15, 0.2) is 6.20 Å². The summed E-state index contributed by atoms with van der Waals surface area (Å²) in [5, 5.41) is 8.55. The van der Waals surface area contributed by atoms with Crippen molar-refractivity contribution in [3.63, 3.8) is 0 Å². The molecule has 1 fully saturated rings. The summed E-state index contributed by atoms with van der Waals surface area (Å²) in [7, 11) is 8.35. The molecule has 108 valence electrons. The Balaban J connectivity index is 2.43. The monoisotopic (exact) mass is 284 g/mol. The molecule has 0 spiro atoms. The number of halogens is 1. The number of aryl methyl sites for hydroxylation is 1. The third-order valence-electron chi connectivity index (χ3n) is 4.65. The van der Waals surface area contributed by atoms with Gasteiger partial charge in [-0.1, -0.05) is 30.9 Å². The van der Waals surface area contributed by atoms with Crippen molar-refractivity contribution in [3.8, 4) is 0 Å². The van der Waals surface area contributed by atoms with E-state index in [9.17, 15) is 0 Å². The van der Waals surface area contributed by atoms with E-state index in [4.69, 9.17) is 11.6 Å². The molecule has 1 aliphatic rings. The topological polar surface area (TPSA) is 33.1 Å². The minimum absolute atomic E-state index is 0.129. The van der Waals surface area contributed by atoms with Crippen LogP contribution in [0.4, 0.5) is 0 Å². The second kappa shape index (κ2) is 5.81. The van der Waals surface area contributed by atoms with Gasteiger partial charge >= 0.3 is 0 Å². The van der Waals surface area contributed by atoms with Gasteiger partial charge in [-0.25, -0.2) is 0 Å². The highest BCUT2D eigenvalue weighted by atomic mass is 35.5. The first-order chi connectivity index (χ1) is 9.03. The minimum atomic E-state index is 0.129. The van der Waals surface area contributed by atoms with Crippen molar-refractivity contribution in [3.05, 3.63) is 16.9 Å². The summed E-state index contributed by atoms with van der Waals surface area (Å²) in [5.74, 6) is 0. The van der Waals surface area contributed by atoms with Crippen LogP contribution < -0.4 is 5.32 Å². The standard InChI is InChI=1S/C14H25ClN4/c1-16-13(12-11(15)10-17-19(12)4)14(18(2)3)8-6-5-7-9-14/h10,13,16H,5-9H2,1-4H3. The van der Waals surface area contributed by atoms with E-state index in [0.29, 0.717) is 0 Å². The molecule has 1 heterocycles. The van der Waals surface area contributed by atoms with E-state index in [1.807, 2.05) is 18.8 Å². The average Bonchev–Trinajstić information content (AvgIpc) is 2.72. The first-order valence-corrected chi connectivity index (χ1v) is 7.43. The minimum Gasteiger partial charge on any atom is -0.310 e. The molecule has 19 heavy (non-hydrogen) atoms. The van der Waals surface area contributed by atoms with Gasteiger partial charge in [-0.05, 0) is 34.0 Å². The molecule has 0 saturated heterocycles. The largest absolute Gasteiger partial charge is 0.310 e. The van der Waals surface area contributed by atoms with E-state index in [1.54, 1.807) is 6.20 Å². The number of hydrogen-bond donors (Lipinski definition) is 1. The molecule has 2 rings (SSSR count). The number of aromatic nitrogens is 2. The molecule has 1 unspecified atom stereocenters. The maximum atomic E-state index is 6.36. The van der Waals surface area contributed by atoms with E-state index in [0.717, 1.165) is 10.7 Å². The summed E-state index contributed by atoms with van der Waals surface area (Å²) in [6.45, 7) is 0. The van der Waals surface area contributed by atoms with E-state index in [1.165, 1.54) is 32.1 Å². The van der Waals surface area contributed by atoms with Gasteiger partial charge in [0.1, 0.15) is 0 Å². The molecule has 1 atom stereocenters. The maximum absolute atomic E-state index is 6.36. The van der Waals surface area contributed by atoms with Gasteiger partial charge in [0.05, 0.1) is 23.0 Å². The molecule has 1 saturated carbocycles. The number of hydrogen-bond acceptors (Lipinski definition) is 3. The second-order valence-electron chi connectivity index (χ2n) is 5.78. The van der Waals surface area contributed by atoms with E-state index in [-0.39, 0.29) is 11.6 Å². The van der Waals surface area contributed by atoms with Crippen molar-refractivity contribution in [2.45, 2.75) is 43.7 Å². The Morgan fingerprint density at radius 2 is 2.00 bits per heavy atom. The van der Waals surface area contributed by atoms with Gasteiger partial charge in [0.15, 0.2) is 0 Å². The van der Waals surface area contributed by atoms with E-state index < -0.39 is 0 Å². The van der Waals surface area contributed by atoms with Crippen LogP contribution in [0.5, 0.6) is 0 Å². The molecular formula is C14H25ClN4. The fourth-order valence-electron chi connectivity index (χ4n) is 3.56. The van der Waals surface area contributed by atoms with E-state index in [2.05, 4.69) is 29.4 Å². The van der Waals surface area contributed by atoms with Crippen molar-refractivity contribution >= 4 is 11.6 Å². The lowest BCUT2D eigenvalue weighted by molar-refractivity contribution is 0.0564. The number of nitrogens with one attached hydrogen (secondary N) is 1. The van der Waals surface area contributed by atoms with Crippen molar-refractivity contribution in [2.75, 3.05) is 21.1 Å². The molecular weight excluding hydrogens is 260 g/mol. The lowest BCUT2D eigenvalue weighted by Gasteiger charge is -2.48. The number of likely N-dealkylation sites (N-methyl/N-ethyl adjacent to an activating group) is 2. The highest BCUT2D eigenvalue weighted by Crippen LogP contribution is 2.43. The first-order valence-electron chi connectivity index (χ1n) is 7.05. The average molecular weight is 285 g/mol. The second-order valence-corrected chi connectivity index (χ2v) is 6.19. The molecule has 1 aromatic heterocycles. The SMILES string of the molecule is CNC(c1c(Cl)cnn1C)C1(N(C)C)CCCCC1. The molecule has 0 aliphatic heterocycles. The normalized spacial score (nSPS) is 20.7. The Morgan fingerprint density at radius 3 is 2.42 bits per heavy atom. The van der Waals surface area contributed by atoms with Crippen LogP contribution in [0.3, 0.4) is 0 Å². The molecule has 4 nitrogen and oxygen atoms in total. The third kappa shape index (κ3) is 2.54. The Kier molecular flexibility index (Phi) is 4.54. The third-order valence-corrected chi connectivity index (χ3v) is 4.94. The molecule has 5 heteroatoms. The van der Waals surface area contributed by atoms with Gasteiger partial charge < -0.3 is 10.2 Å². The van der Waals surface area contributed by atoms with Crippen LogP contribution in [-0.4, -0.2) is 41.4 Å². The number of rotatable bonds is 4. The van der Waals surface area contributed by atoms with Crippen LogP contribution in [0.25, 0.3) is 0 Å². The van der Waals surface area contributed by atoms with Crippen molar-refractivity contribution < 1.29 is 0 Å². The Labute approximate surface area is 121 Å². The summed E-state index contributed by atoms with van der Waals surface area (Å²) in [6, 6.07) is 0.211. The number of nitrogens with zero attached hydrogens (tertiary/aromatic N) is 3. The van der Waals surface area contributed by atoms with Crippen LogP contribution in [0.2, 0.25) is 5.02 Å². The van der Waals surface area contributed by atoms with Gasteiger partial charge in [-0.2, -0.15) is 5.10 Å². The fourth-order valence-corrected chi connectivity index (χ4v) is 3.84. The predicted octanol–water partition coefficient (Wildman–Crippen LogP) is 2.60. The Bertz CT molecular complexity index is 402. The van der Waals surface area contributed by atoms with Crippen LogP contribution in [0.1, 0.15) is 43.8 Å². The van der Waals surface area contributed by atoms with Crippen LogP contribution in [-0.2, 0) is 7.05 Å². The molecule has 1 aromatic rings. The molecule has 0 radical (unpaired) electrons. The lowest BCUT2D eigenvalue weighted by Crippen LogP contribution is -2.54. The van der Waals surface area contributed by atoms with Gasteiger partial charge in [-0.15, -0.1) is 0 Å². The molecule has 0 amide bonds. The summed E-state index contributed by atoms with van der Waals surface area (Å²) in [6.07, 6.45) is 8.05. The zero-order valence-corrected chi connectivity index (χ0v) is 13.2. The van der Waals surface area contributed by atoms with Gasteiger partial charge in [0, 0.05) is 12.6 Å².